The van der Waals surface area contributed by atoms with Crippen LogP contribution in [0.15, 0.2) is 30.3 Å². The Kier molecular flexibility index (Phi) is 3.28. The number of hydrogen-bond donors (Lipinski definition) is 1. The lowest BCUT2D eigenvalue weighted by Gasteiger charge is -2.65. The van der Waals surface area contributed by atoms with Gasteiger partial charge in [-0.2, -0.15) is 0 Å². The van der Waals surface area contributed by atoms with Crippen LogP contribution < -0.4 is 0 Å². The maximum Gasteiger partial charge on any atom is 0.338 e. The molecule has 2 aliphatic heterocycles. The monoisotopic (exact) mass is 367 g/mol. The van der Waals surface area contributed by atoms with Crippen molar-refractivity contribution in [3.05, 3.63) is 35.9 Å². The molecule has 2 saturated heterocycles. The molecule has 5 fully saturated rings. The van der Waals surface area contributed by atoms with Crippen LogP contribution in [0.2, 0.25) is 0 Å². The Morgan fingerprint density at radius 2 is 1.96 bits per heavy atom. The van der Waals surface area contributed by atoms with E-state index in [1.807, 2.05) is 30.3 Å². The van der Waals surface area contributed by atoms with Crippen LogP contribution in [0.1, 0.15) is 49.4 Å². The zero-order valence-corrected chi connectivity index (χ0v) is 16.0. The van der Waals surface area contributed by atoms with E-state index in [0.717, 1.165) is 37.8 Å². The number of hydrogen-bond acceptors (Lipinski definition) is 4. The minimum atomic E-state index is -0.234. The Bertz CT molecular complexity index is 781. The van der Waals surface area contributed by atoms with E-state index in [1.54, 1.807) is 0 Å². The minimum absolute atomic E-state index is 0.0528. The molecule has 6 rings (SSSR count). The third-order valence-corrected chi connectivity index (χ3v) is 9.02. The molecular weight excluding hydrogens is 338 g/mol. The largest absolute Gasteiger partial charge is 0.457 e. The van der Waals surface area contributed by atoms with Gasteiger partial charge in [0.15, 0.2) is 0 Å². The third-order valence-electron chi connectivity index (χ3n) is 9.02. The summed E-state index contributed by atoms with van der Waals surface area (Å²) >= 11 is 0. The van der Waals surface area contributed by atoms with Crippen LogP contribution in [0.25, 0.3) is 0 Å². The number of carbonyl (C=O) groups is 1. The highest BCUT2D eigenvalue weighted by atomic mass is 16.5. The summed E-state index contributed by atoms with van der Waals surface area (Å²) in [6.07, 6.45) is 5.26. The Morgan fingerprint density at radius 3 is 2.78 bits per heavy atom. The number of esters is 1. The number of carbonyl (C=O) groups excluding carboxylic acids is 1. The SMILES string of the molecule is C[C@@H]1C[C@@H]2C[C@@H](O)[C@@]34C[C@H](OC(=O)c5ccccc5)CN5C[C@@H]3C[C@@H]2[C@]54C1. The lowest BCUT2D eigenvalue weighted by Crippen LogP contribution is -2.71. The van der Waals surface area contributed by atoms with Gasteiger partial charge in [-0.25, -0.2) is 4.79 Å². The molecule has 4 nitrogen and oxygen atoms in total. The van der Waals surface area contributed by atoms with E-state index in [9.17, 15) is 9.90 Å². The summed E-state index contributed by atoms with van der Waals surface area (Å²) in [6.45, 7) is 4.34. The number of ether oxygens (including phenoxy) is 1. The summed E-state index contributed by atoms with van der Waals surface area (Å²) < 4.78 is 5.99. The van der Waals surface area contributed by atoms with Crippen molar-refractivity contribution in [3.8, 4) is 0 Å². The van der Waals surface area contributed by atoms with Crippen molar-refractivity contribution in [3.63, 3.8) is 0 Å². The number of aliphatic hydroxyl groups excluding tert-OH is 1. The van der Waals surface area contributed by atoms with E-state index in [4.69, 9.17) is 4.74 Å². The van der Waals surface area contributed by atoms with Gasteiger partial charge in [-0.1, -0.05) is 25.1 Å². The Morgan fingerprint density at radius 1 is 1.15 bits per heavy atom. The molecule has 144 valence electrons. The molecule has 6 bridgehead atoms. The van der Waals surface area contributed by atoms with Crippen molar-refractivity contribution in [2.24, 2.45) is 29.1 Å². The standard InChI is InChI=1S/C23H29NO3/c1-14-7-16-8-20(25)22-11-18(27-21(26)15-5-3-2-4-6-15)13-24-12-17(22)9-19(16)23(22,24)10-14/h2-6,14,16-20,25H,7-13H2,1H3/t14-,16-,17+,18+,19+,20-,22-,23+/m1/s1. The summed E-state index contributed by atoms with van der Waals surface area (Å²) in [5.41, 5.74) is 0.744. The van der Waals surface area contributed by atoms with Crippen LogP contribution in [-0.2, 0) is 4.74 Å². The second-order valence-corrected chi connectivity index (χ2v) is 10.1. The fourth-order valence-corrected chi connectivity index (χ4v) is 8.55. The molecule has 2 heterocycles. The zero-order chi connectivity index (χ0) is 18.4. The Hall–Kier alpha value is -1.39. The number of piperidine rings is 2. The molecule has 3 aliphatic carbocycles. The summed E-state index contributed by atoms with van der Waals surface area (Å²) in [7, 11) is 0. The van der Waals surface area contributed by atoms with Crippen LogP contribution in [0, 0.1) is 29.1 Å². The molecule has 0 radical (unpaired) electrons. The van der Waals surface area contributed by atoms with Crippen molar-refractivity contribution in [1.29, 1.82) is 0 Å². The van der Waals surface area contributed by atoms with Crippen molar-refractivity contribution in [1.82, 2.24) is 4.90 Å². The van der Waals surface area contributed by atoms with Gasteiger partial charge < -0.3 is 9.84 Å². The average molecular weight is 367 g/mol. The van der Waals surface area contributed by atoms with Crippen LogP contribution in [0.4, 0.5) is 0 Å². The van der Waals surface area contributed by atoms with Crippen LogP contribution in [-0.4, -0.2) is 46.8 Å². The first-order chi connectivity index (χ1) is 13.0. The van der Waals surface area contributed by atoms with Gasteiger partial charge in [0.1, 0.15) is 6.10 Å². The fourth-order valence-electron chi connectivity index (χ4n) is 8.55. The molecule has 27 heavy (non-hydrogen) atoms. The first-order valence-electron chi connectivity index (χ1n) is 10.7. The molecule has 0 amide bonds. The second kappa shape index (κ2) is 5.36. The number of benzene rings is 1. The molecule has 0 aromatic heterocycles. The summed E-state index contributed by atoms with van der Waals surface area (Å²) in [4.78, 5) is 15.3. The van der Waals surface area contributed by atoms with Crippen molar-refractivity contribution in [2.75, 3.05) is 13.1 Å². The van der Waals surface area contributed by atoms with Gasteiger partial charge >= 0.3 is 5.97 Å². The summed E-state index contributed by atoms with van der Waals surface area (Å²) in [6, 6.07) is 9.31. The third kappa shape index (κ3) is 1.89. The highest BCUT2D eigenvalue weighted by Gasteiger charge is 2.80. The molecular formula is C23H29NO3. The van der Waals surface area contributed by atoms with Gasteiger partial charge in [-0.3, -0.25) is 4.90 Å². The molecule has 1 aromatic carbocycles. The molecule has 9 atom stereocenters. The number of aliphatic hydroxyl groups is 1. The molecule has 1 spiro atoms. The maximum absolute atomic E-state index is 12.6. The van der Waals surface area contributed by atoms with Crippen LogP contribution in [0.5, 0.6) is 0 Å². The second-order valence-electron chi connectivity index (χ2n) is 10.1. The predicted octanol–water partition coefficient (Wildman–Crippen LogP) is 3.10. The van der Waals surface area contributed by atoms with E-state index in [-0.39, 0.29) is 29.1 Å². The lowest BCUT2D eigenvalue weighted by atomic mass is 9.48. The molecule has 4 heteroatoms. The molecule has 1 N–H and O–H groups in total. The zero-order valence-electron chi connectivity index (χ0n) is 16.0. The van der Waals surface area contributed by atoms with E-state index < -0.39 is 0 Å². The van der Waals surface area contributed by atoms with E-state index in [0.29, 0.717) is 17.4 Å². The topological polar surface area (TPSA) is 49.8 Å². The fraction of sp³-hybridized carbons (Fsp3) is 0.696. The van der Waals surface area contributed by atoms with E-state index >= 15 is 0 Å². The molecule has 5 aliphatic rings. The van der Waals surface area contributed by atoms with E-state index in [2.05, 4.69) is 11.8 Å². The average Bonchev–Trinajstić information content (AvgIpc) is 2.93. The van der Waals surface area contributed by atoms with Gasteiger partial charge in [0.05, 0.1) is 11.7 Å². The van der Waals surface area contributed by atoms with Crippen LogP contribution in [0.3, 0.4) is 0 Å². The normalized spacial score (nSPS) is 51.9. The van der Waals surface area contributed by atoms with Gasteiger partial charge in [-0.15, -0.1) is 0 Å². The van der Waals surface area contributed by atoms with E-state index in [1.165, 1.54) is 19.3 Å². The van der Waals surface area contributed by atoms with Crippen LogP contribution >= 0.6 is 0 Å². The molecule has 1 aromatic rings. The molecule has 1 unspecified atom stereocenters. The quantitative estimate of drug-likeness (QED) is 0.816. The van der Waals surface area contributed by atoms with Gasteiger partial charge in [0, 0.05) is 24.0 Å². The van der Waals surface area contributed by atoms with Crippen molar-refractivity contribution >= 4 is 5.97 Å². The summed E-state index contributed by atoms with van der Waals surface area (Å²) in [5.74, 6) is 2.53. The summed E-state index contributed by atoms with van der Waals surface area (Å²) in [5, 5.41) is 11.4. The first kappa shape index (κ1) is 16.6. The number of rotatable bonds is 2. The maximum atomic E-state index is 12.6. The predicted molar refractivity (Wildman–Crippen MR) is 101 cm³/mol. The first-order valence-corrected chi connectivity index (χ1v) is 10.7. The van der Waals surface area contributed by atoms with Crippen molar-refractivity contribution in [2.45, 2.75) is 56.8 Å². The lowest BCUT2D eigenvalue weighted by molar-refractivity contribution is -0.195. The van der Waals surface area contributed by atoms with Gasteiger partial charge in [0.25, 0.3) is 0 Å². The number of nitrogens with zero attached hydrogens (tertiary/aromatic N) is 1. The Balaban J connectivity index is 1.33. The molecule has 3 saturated carbocycles. The minimum Gasteiger partial charge on any atom is -0.457 e. The van der Waals surface area contributed by atoms with Crippen molar-refractivity contribution < 1.29 is 14.6 Å². The smallest absolute Gasteiger partial charge is 0.338 e. The van der Waals surface area contributed by atoms with Gasteiger partial charge in [-0.05, 0) is 67.9 Å². The Labute approximate surface area is 160 Å². The highest BCUT2D eigenvalue weighted by Crippen LogP contribution is 2.76. The van der Waals surface area contributed by atoms with Gasteiger partial charge in [0.2, 0.25) is 0 Å². The highest BCUT2D eigenvalue weighted by molar-refractivity contribution is 5.89.